The van der Waals surface area contributed by atoms with Crippen LogP contribution in [0.25, 0.3) is 0 Å². The van der Waals surface area contributed by atoms with Gasteiger partial charge in [-0.3, -0.25) is 9.69 Å². The zero-order chi connectivity index (χ0) is 16.7. The third-order valence-electron chi connectivity index (χ3n) is 4.95. The minimum atomic E-state index is -0.432. The van der Waals surface area contributed by atoms with Gasteiger partial charge in [0.2, 0.25) is 5.91 Å². The van der Waals surface area contributed by atoms with Crippen molar-refractivity contribution in [3.63, 3.8) is 0 Å². The van der Waals surface area contributed by atoms with Crippen LogP contribution >= 0.6 is 0 Å². The molecule has 23 heavy (non-hydrogen) atoms. The summed E-state index contributed by atoms with van der Waals surface area (Å²) >= 11 is 0. The van der Waals surface area contributed by atoms with E-state index in [2.05, 4.69) is 17.4 Å². The normalized spacial score (nSPS) is 19.1. The number of rotatable bonds is 6. The molecule has 0 bridgehead atoms. The predicted molar refractivity (Wildman–Crippen MR) is 93.3 cm³/mol. The van der Waals surface area contributed by atoms with E-state index in [1.807, 2.05) is 37.2 Å². The number of likely N-dealkylation sites (N-methyl/N-ethyl adjacent to an activating group) is 1. The molecule has 1 aliphatic rings. The number of aliphatic hydroxyl groups is 1. The first-order valence-corrected chi connectivity index (χ1v) is 8.69. The minimum Gasteiger partial charge on any atom is -0.394 e. The maximum Gasteiger partial charge on any atom is 0.238 e. The molecule has 0 saturated heterocycles. The van der Waals surface area contributed by atoms with E-state index in [0.29, 0.717) is 6.42 Å². The van der Waals surface area contributed by atoms with Crippen molar-refractivity contribution >= 4 is 5.91 Å². The number of carbonyl (C=O) groups excluding carboxylic acids is 1. The molecule has 0 aliphatic heterocycles. The van der Waals surface area contributed by atoms with Gasteiger partial charge in [0.15, 0.2) is 0 Å². The maximum absolute atomic E-state index is 12.9. The standard InChI is InChI=1S/C19H30N2O2/c1-21(2)17(14-16-10-6-5-7-11-16)18(23)20-19(15-22)12-8-3-4-9-13-19/h5-7,10-11,17,22H,3-4,8-9,12-15H2,1-2H3,(H,20,23)/t17-/m0/s1. The van der Waals surface area contributed by atoms with Crippen LogP contribution in [0, 0.1) is 0 Å². The molecule has 1 saturated carbocycles. The summed E-state index contributed by atoms with van der Waals surface area (Å²) in [5, 5.41) is 13.1. The van der Waals surface area contributed by atoms with Crippen molar-refractivity contribution in [2.75, 3.05) is 20.7 Å². The minimum absolute atomic E-state index is 0.0230. The SMILES string of the molecule is CN(C)[C@@H](Cc1ccccc1)C(=O)NC1(CO)CCCCCC1. The van der Waals surface area contributed by atoms with Gasteiger partial charge in [0, 0.05) is 0 Å². The van der Waals surface area contributed by atoms with Crippen LogP contribution in [-0.2, 0) is 11.2 Å². The number of hydrogen-bond acceptors (Lipinski definition) is 3. The lowest BCUT2D eigenvalue weighted by Crippen LogP contribution is -2.56. The number of benzene rings is 1. The van der Waals surface area contributed by atoms with Crippen LogP contribution in [0.4, 0.5) is 0 Å². The summed E-state index contributed by atoms with van der Waals surface area (Å²) < 4.78 is 0. The molecule has 2 rings (SSSR count). The second kappa shape index (κ2) is 8.46. The molecular formula is C19H30N2O2. The number of nitrogens with one attached hydrogen (secondary N) is 1. The van der Waals surface area contributed by atoms with Crippen molar-refractivity contribution in [1.29, 1.82) is 0 Å². The fourth-order valence-electron chi connectivity index (χ4n) is 3.42. The quantitative estimate of drug-likeness (QED) is 0.792. The van der Waals surface area contributed by atoms with Gasteiger partial charge in [0.25, 0.3) is 0 Å². The first-order chi connectivity index (χ1) is 11.1. The lowest BCUT2D eigenvalue weighted by Gasteiger charge is -2.35. The molecule has 0 radical (unpaired) electrons. The first kappa shape index (κ1) is 18.0. The molecule has 2 N–H and O–H groups in total. The Labute approximate surface area is 139 Å². The van der Waals surface area contributed by atoms with E-state index >= 15 is 0 Å². The molecule has 1 aliphatic carbocycles. The topological polar surface area (TPSA) is 52.6 Å². The molecule has 1 aromatic carbocycles. The van der Waals surface area contributed by atoms with E-state index in [1.165, 1.54) is 12.8 Å². The summed E-state index contributed by atoms with van der Waals surface area (Å²) in [6, 6.07) is 9.87. The molecule has 1 amide bonds. The third kappa shape index (κ3) is 5.05. The highest BCUT2D eigenvalue weighted by molar-refractivity contribution is 5.82. The molecule has 1 aromatic rings. The Hall–Kier alpha value is -1.39. The fourth-order valence-corrected chi connectivity index (χ4v) is 3.42. The summed E-state index contributed by atoms with van der Waals surface area (Å²) in [5.74, 6) is 0.0230. The highest BCUT2D eigenvalue weighted by Crippen LogP contribution is 2.27. The molecule has 0 spiro atoms. The second-order valence-corrected chi connectivity index (χ2v) is 7.01. The average molecular weight is 318 g/mol. The van der Waals surface area contributed by atoms with Crippen molar-refractivity contribution in [1.82, 2.24) is 10.2 Å². The predicted octanol–water partition coefficient (Wildman–Crippen LogP) is 2.36. The van der Waals surface area contributed by atoms with Crippen LogP contribution in [-0.4, -0.2) is 48.2 Å². The summed E-state index contributed by atoms with van der Waals surface area (Å²) in [6.07, 6.45) is 6.97. The lowest BCUT2D eigenvalue weighted by molar-refractivity contribution is -0.128. The van der Waals surface area contributed by atoms with Crippen molar-refractivity contribution in [2.45, 2.75) is 56.5 Å². The van der Waals surface area contributed by atoms with Crippen LogP contribution in [0.3, 0.4) is 0 Å². The maximum atomic E-state index is 12.9. The third-order valence-corrected chi connectivity index (χ3v) is 4.95. The molecule has 1 atom stereocenters. The van der Waals surface area contributed by atoms with E-state index in [1.54, 1.807) is 0 Å². The summed E-state index contributed by atoms with van der Waals surface area (Å²) in [4.78, 5) is 14.8. The Bertz CT molecular complexity index is 479. The zero-order valence-electron chi connectivity index (χ0n) is 14.4. The molecule has 0 heterocycles. The average Bonchev–Trinajstić information content (AvgIpc) is 2.79. The Kier molecular flexibility index (Phi) is 6.60. The lowest BCUT2D eigenvalue weighted by atomic mass is 9.90. The van der Waals surface area contributed by atoms with Gasteiger partial charge in [0.05, 0.1) is 18.2 Å². The summed E-state index contributed by atoms with van der Waals surface area (Å²) in [7, 11) is 3.87. The summed E-state index contributed by atoms with van der Waals surface area (Å²) in [5.41, 5.74) is 0.721. The van der Waals surface area contributed by atoms with Gasteiger partial charge in [-0.25, -0.2) is 0 Å². The number of hydrogen-bond donors (Lipinski definition) is 2. The molecule has 0 aromatic heterocycles. The van der Waals surface area contributed by atoms with Crippen LogP contribution < -0.4 is 5.32 Å². The zero-order valence-corrected chi connectivity index (χ0v) is 14.4. The van der Waals surface area contributed by atoms with Crippen LogP contribution in [0.15, 0.2) is 30.3 Å². The molecule has 1 fully saturated rings. The second-order valence-electron chi connectivity index (χ2n) is 7.01. The highest BCUT2D eigenvalue weighted by Gasteiger charge is 2.34. The monoisotopic (exact) mass is 318 g/mol. The van der Waals surface area contributed by atoms with E-state index < -0.39 is 5.54 Å². The van der Waals surface area contributed by atoms with Crippen molar-refractivity contribution in [3.05, 3.63) is 35.9 Å². The number of amides is 1. The molecule has 0 unspecified atom stereocenters. The van der Waals surface area contributed by atoms with Crippen LogP contribution in [0.5, 0.6) is 0 Å². The smallest absolute Gasteiger partial charge is 0.238 e. The Morgan fingerprint density at radius 2 is 1.78 bits per heavy atom. The number of nitrogens with zero attached hydrogens (tertiary/aromatic N) is 1. The number of carbonyl (C=O) groups is 1. The molecule has 4 nitrogen and oxygen atoms in total. The van der Waals surface area contributed by atoms with E-state index in [-0.39, 0.29) is 18.6 Å². The van der Waals surface area contributed by atoms with Crippen LogP contribution in [0.2, 0.25) is 0 Å². The van der Waals surface area contributed by atoms with Gasteiger partial charge < -0.3 is 10.4 Å². The molecule has 4 heteroatoms. The summed E-state index contributed by atoms with van der Waals surface area (Å²) in [6.45, 7) is 0.0320. The van der Waals surface area contributed by atoms with Gasteiger partial charge in [-0.2, -0.15) is 0 Å². The van der Waals surface area contributed by atoms with Crippen molar-refractivity contribution in [3.8, 4) is 0 Å². The van der Waals surface area contributed by atoms with E-state index in [4.69, 9.17) is 0 Å². The highest BCUT2D eigenvalue weighted by atomic mass is 16.3. The Morgan fingerprint density at radius 3 is 2.30 bits per heavy atom. The molecular weight excluding hydrogens is 288 g/mol. The van der Waals surface area contributed by atoms with Crippen molar-refractivity contribution < 1.29 is 9.90 Å². The van der Waals surface area contributed by atoms with Gasteiger partial charge in [0.1, 0.15) is 0 Å². The first-order valence-electron chi connectivity index (χ1n) is 8.69. The Balaban J connectivity index is 2.07. The van der Waals surface area contributed by atoms with Crippen LogP contribution in [0.1, 0.15) is 44.1 Å². The fraction of sp³-hybridized carbons (Fsp3) is 0.632. The van der Waals surface area contributed by atoms with Gasteiger partial charge in [-0.05, 0) is 38.9 Å². The van der Waals surface area contributed by atoms with E-state index in [9.17, 15) is 9.90 Å². The Morgan fingerprint density at radius 1 is 1.17 bits per heavy atom. The largest absolute Gasteiger partial charge is 0.394 e. The van der Waals surface area contributed by atoms with Crippen molar-refractivity contribution in [2.24, 2.45) is 0 Å². The molecule has 128 valence electrons. The van der Waals surface area contributed by atoms with Gasteiger partial charge in [-0.15, -0.1) is 0 Å². The van der Waals surface area contributed by atoms with Gasteiger partial charge >= 0.3 is 0 Å². The number of aliphatic hydroxyl groups excluding tert-OH is 1. The van der Waals surface area contributed by atoms with Gasteiger partial charge in [-0.1, -0.05) is 56.0 Å². The van der Waals surface area contributed by atoms with E-state index in [0.717, 1.165) is 31.2 Å².